The summed E-state index contributed by atoms with van der Waals surface area (Å²) >= 11 is 2.49. The minimum atomic E-state index is -3.08. The Bertz CT molecular complexity index is 434. The highest BCUT2D eigenvalue weighted by molar-refractivity contribution is 8.55. The largest absolute Gasteiger partial charge is 0.389 e. The molecule has 0 atom stereocenters. The first-order chi connectivity index (χ1) is 11.8. The Hall–Kier alpha value is 0.440. The van der Waals surface area contributed by atoms with Crippen LogP contribution in [-0.2, 0) is 23.1 Å². The molecule has 1 saturated heterocycles. The molecule has 0 unspecified atom stereocenters. The Morgan fingerprint density at radius 3 is 2.32 bits per heavy atom. The number of carbonyl (C=O) groups excluding carboxylic acids is 1. The van der Waals surface area contributed by atoms with Crippen LogP contribution in [0, 0.1) is 5.41 Å². The third-order valence-electron chi connectivity index (χ3n) is 3.85. The van der Waals surface area contributed by atoms with Crippen molar-refractivity contribution in [1.82, 2.24) is 4.90 Å². The summed E-state index contributed by atoms with van der Waals surface area (Å²) in [5, 5.41) is 0.184. The highest BCUT2D eigenvalue weighted by atomic mass is 32.7. The highest BCUT2D eigenvalue weighted by Crippen LogP contribution is 2.60. The average molecular weight is 414 g/mol. The molecule has 1 heterocycles. The topological polar surface area (TPSA) is 65.1 Å². The van der Waals surface area contributed by atoms with Gasteiger partial charge in [0.1, 0.15) is 0 Å². The number of hydrogen-bond donors (Lipinski definition) is 0. The molecule has 0 N–H and O–H groups in total. The fourth-order valence-electron chi connectivity index (χ4n) is 2.27. The van der Waals surface area contributed by atoms with E-state index in [1.54, 1.807) is 13.8 Å². The van der Waals surface area contributed by atoms with Gasteiger partial charge >= 0.3 is 6.80 Å². The van der Waals surface area contributed by atoms with E-state index in [4.69, 9.17) is 13.8 Å². The molecule has 1 aliphatic heterocycles. The number of rotatable bonds is 12. The predicted octanol–water partition coefficient (Wildman–Crippen LogP) is 3.91. The standard InChI is InChI=1S/C16H32NO5PS2/c1-5-21-23(19,22-6-2)25-14-13-24-15(18)16(3,4)7-8-17-9-11-20-12-10-17/h5-14H2,1-4H3. The van der Waals surface area contributed by atoms with Crippen LogP contribution in [0.3, 0.4) is 0 Å². The van der Waals surface area contributed by atoms with Gasteiger partial charge in [-0.2, -0.15) is 0 Å². The molecule has 1 rings (SSSR count). The van der Waals surface area contributed by atoms with E-state index in [-0.39, 0.29) is 10.5 Å². The van der Waals surface area contributed by atoms with Crippen molar-refractivity contribution in [2.75, 3.05) is 57.6 Å². The summed E-state index contributed by atoms with van der Waals surface area (Å²) in [4.78, 5) is 14.8. The van der Waals surface area contributed by atoms with Gasteiger partial charge in [-0.15, -0.1) is 0 Å². The van der Waals surface area contributed by atoms with Crippen LogP contribution in [-0.4, -0.2) is 67.6 Å². The van der Waals surface area contributed by atoms with Crippen LogP contribution in [0.5, 0.6) is 0 Å². The van der Waals surface area contributed by atoms with Crippen LogP contribution in [0.25, 0.3) is 0 Å². The monoisotopic (exact) mass is 413 g/mol. The summed E-state index contributed by atoms with van der Waals surface area (Å²) < 4.78 is 28.2. The van der Waals surface area contributed by atoms with Crippen LogP contribution in [0.2, 0.25) is 0 Å². The second-order valence-electron chi connectivity index (χ2n) is 6.34. The van der Waals surface area contributed by atoms with Crippen molar-refractivity contribution in [2.45, 2.75) is 34.1 Å². The minimum Gasteiger partial charge on any atom is -0.379 e. The maximum absolute atomic E-state index is 12.5. The van der Waals surface area contributed by atoms with E-state index >= 15 is 0 Å². The van der Waals surface area contributed by atoms with Crippen molar-refractivity contribution in [2.24, 2.45) is 5.41 Å². The van der Waals surface area contributed by atoms with Crippen molar-refractivity contribution >= 4 is 35.1 Å². The zero-order valence-electron chi connectivity index (χ0n) is 15.8. The van der Waals surface area contributed by atoms with E-state index < -0.39 is 6.80 Å². The average Bonchev–Trinajstić information content (AvgIpc) is 2.58. The first kappa shape index (κ1) is 23.5. The summed E-state index contributed by atoms with van der Waals surface area (Å²) in [6.07, 6.45) is 0.836. The zero-order chi connectivity index (χ0) is 18.8. The van der Waals surface area contributed by atoms with Gasteiger partial charge in [0.25, 0.3) is 0 Å². The second kappa shape index (κ2) is 12.0. The van der Waals surface area contributed by atoms with E-state index in [0.29, 0.717) is 24.7 Å². The summed E-state index contributed by atoms with van der Waals surface area (Å²) in [6.45, 7) is 9.57. The van der Waals surface area contributed by atoms with E-state index in [1.165, 1.54) is 23.1 Å². The SMILES string of the molecule is CCOP(=O)(OCC)SCCSC(=O)C(C)(C)CCN1CCOCC1. The van der Waals surface area contributed by atoms with E-state index in [2.05, 4.69) is 4.90 Å². The molecule has 0 aliphatic carbocycles. The van der Waals surface area contributed by atoms with Crippen LogP contribution < -0.4 is 0 Å². The van der Waals surface area contributed by atoms with Gasteiger partial charge in [0.2, 0.25) is 0 Å². The molecule has 0 saturated carbocycles. The van der Waals surface area contributed by atoms with E-state index in [9.17, 15) is 9.36 Å². The Balaban J connectivity index is 2.30. The third kappa shape index (κ3) is 9.27. The van der Waals surface area contributed by atoms with Gasteiger partial charge in [-0.05, 0) is 38.2 Å². The summed E-state index contributed by atoms with van der Waals surface area (Å²) in [6, 6.07) is 0. The predicted molar refractivity (Wildman–Crippen MR) is 106 cm³/mol. The molecular weight excluding hydrogens is 381 g/mol. The smallest absolute Gasteiger partial charge is 0.379 e. The third-order valence-corrected chi connectivity index (χ3v) is 9.31. The minimum absolute atomic E-state index is 0.184. The Kier molecular flexibility index (Phi) is 11.3. The maximum Gasteiger partial charge on any atom is 0.389 e. The molecule has 148 valence electrons. The molecule has 1 fully saturated rings. The molecule has 0 radical (unpaired) electrons. The number of thioether (sulfide) groups is 1. The molecule has 25 heavy (non-hydrogen) atoms. The van der Waals surface area contributed by atoms with Crippen LogP contribution >= 0.6 is 29.9 Å². The molecule has 0 amide bonds. The lowest BCUT2D eigenvalue weighted by molar-refractivity contribution is -0.118. The van der Waals surface area contributed by atoms with Crippen LogP contribution in [0.1, 0.15) is 34.1 Å². The maximum atomic E-state index is 12.5. The summed E-state index contributed by atoms with van der Waals surface area (Å²) in [7, 11) is 0. The highest BCUT2D eigenvalue weighted by Gasteiger charge is 2.29. The lowest BCUT2D eigenvalue weighted by atomic mass is 9.91. The Morgan fingerprint density at radius 2 is 1.76 bits per heavy atom. The van der Waals surface area contributed by atoms with Gasteiger partial charge in [-0.25, -0.2) is 4.57 Å². The molecule has 9 heteroatoms. The lowest BCUT2D eigenvalue weighted by Gasteiger charge is -2.30. The fourth-order valence-corrected chi connectivity index (χ4v) is 7.08. The molecule has 0 aromatic carbocycles. The number of hydrogen-bond acceptors (Lipinski definition) is 8. The van der Waals surface area contributed by atoms with Crippen molar-refractivity contribution in [3.63, 3.8) is 0 Å². The molecular formula is C16H32NO5PS2. The molecule has 0 bridgehead atoms. The number of carbonyl (C=O) groups is 1. The first-order valence-electron chi connectivity index (χ1n) is 8.84. The summed E-state index contributed by atoms with van der Waals surface area (Å²) in [5.41, 5.74) is -0.364. The van der Waals surface area contributed by atoms with Gasteiger partial charge in [0.15, 0.2) is 5.12 Å². The van der Waals surface area contributed by atoms with Gasteiger partial charge in [-0.3, -0.25) is 9.69 Å². The molecule has 0 aromatic heterocycles. The zero-order valence-corrected chi connectivity index (χ0v) is 18.4. The lowest BCUT2D eigenvalue weighted by Crippen LogP contribution is -2.39. The Morgan fingerprint density at radius 1 is 1.16 bits per heavy atom. The second-order valence-corrected chi connectivity index (χ2v) is 11.6. The van der Waals surface area contributed by atoms with E-state index in [1.807, 2.05) is 13.8 Å². The van der Waals surface area contributed by atoms with Crippen molar-refractivity contribution < 1.29 is 23.1 Å². The fraction of sp³-hybridized carbons (Fsp3) is 0.938. The molecule has 0 spiro atoms. The van der Waals surface area contributed by atoms with Crippen molar-refractivity contribution in [3.8, 4) is 0 Å². The molecule has 0 aromatic rings. The quantitative estimate of drug-likeness (QED) is 0.352. The van der Waals surface area contributed by atoms with Gasteiger partial charge in [-0.1, -0.05) is 25.6 Å². The van der Waals surface area contributed by atoms with Crippen LogP contribution in [0.15, 0.2) is 0 Å². The number of nitrogens with zero attached hydrogens (tertiary/aromatic N) is 1. The summed E-state index contributed by atoms with van der Waals surface area (Å²) in [5.74, 6) is 1.17. The van der Waals surface area contributed by atoms with Crippen molar-refractivity contribution in [3.05, 3.63) is 0 Å². The number of ether oxygens (including phenoxy) is 1. The van der Waals surface area contributed by atoms with Crippen LogP contribution in [0.4, 0.5) is 0 Å². The molecule has 6 nitrogen and oxygen atoms in total. The van der Waals surface area contributed by atoms with Crippen molar-refractivity contribution in [1.29, 1.82) is 0 Å². The van der Waals surface area contributed by atoms with Gasteiger partial charge in [0.05, 0.1) is 26.4 Å². The molecule has 1 aliphatic rings. The van der Waals surface area contributed by atoms with Gasteiger partial charge < -0.3 is 13.8 Å². The first-order valence-corrected chi connectivity index (χ1v) is 13.0. The number of morpholine rings is 1. The van der Waals surface area contributed by atoms with E-state index in [0.717, 1.165) is 39.3 Å². The normalized spacial score (nSPS) is 17.0. The Labute approximate surface area is 160 Å². The van der Waals surface area contributed by atoms with Gasteiger partial charge in [0, 0.05) is 30.0 Å².